The van der Waals surface area contributed by atoms with E-state index in [9.17, 15) is 8.42 Å². The van der Waals surface area contributed by atoms with Crippen molar-refractivity contribution in [3.8, 4) is 0 Å². The van der Waals surface area contributed by atoms with Crippen molar-refractivity contribution in [1.82, 2.24) is 4.31 Å². The number of hydrogen-bond acceptors (Lipinski definition) is 3. The maximum Gasteiger partial charge on any atom is 0.211 e. The molecule has 0 saturated heterocycles. The molecular formula is C9H20N2O2S. The lowest BCUT2D eigenvalue weighted by Gasteiger charge is -2.26. The topological polar surface area (TPSA) is 63.4 Å². The molecule has 1 aliphatic rings. The second-order valence-corrected chi connectivity index (χ2v) is 5.89. The second kappa shape index (κ2) is 5.09. The Morgan fingerprint density at radius 1 is 1.36 bits per heavy atom. The Morgan fingerprint density at radius 3 is 2.36 bits per heavy atom. The minimum absolute atomic E-state index is 0.233. The SMILES string of the molecule is CS(=O)(=O)N(CCCN)C1CCCC1. The monoisotopic (exact) mass is 220 g/mol. The van der Waals surface area contributed by atoms with Crippen molar-refractivity contribution < 1.29 is 8.42 Å². The second-order valence-electron chi connectivity index (χ2n) is 3.95. The van der Waals surface area contributed by atoms with Crippen molar-refractivity contribution in [2.24, 2.45) is 5.73 Å². The lowest BCUT2D eigenvalue weighted by atomic mass is 10.2. The standard InChI is InChI=1S/C9H20N2O2S/c1-14(12,13)11(8-4-7-10)9-5-2-3-6-9/h9H,2-8,10H2,1H3. The average Bonchev–Trinajstić information content (AvgIpc) is 2.55. The Morgan fingerprint density at radius 2 is 1.93 bits per heavy atom. The van der Waals surface area contributed by atoms with Crippen LogP contribution in [0.25, 0.3) is 0 Å². The van der Waals surface area contributed by atoms with Gasteiger partial charge in [-0.2, -0.15) is 4.31 Å². The molecule has 4 nitrogen and oxygen atoms in total. The van der Waals surface area contributed by atoms with Crippen molar-refractivity contribution in [1.29, 1.82) is 0 Å². The molecule has 5 heteroatoms. The first kappa shape index (κ1) is 11.9. The minimum atomic E-state index is -3.04. The first-order chi connectivity index (χ1) is 6.55. The van der Waals surface area contributed by atoms with Crippen LogP contribution in [-0.4, -0.2) is 38.1 Å². The van der Waals surface area contributed by atoms with Crippen molar-refractivity contribution in [2.45, 2.75) is 38.1 Å². The predicted molar refractivity (Wildman–Crippen MR) is 57.5 cm³/mol. The van der Waals surface area contributed by atoms with Gasteiger partial charge >= 0.3 is 0 Å². The Kier molecular flexibility index (Phi) is 4.34. The summed E-state index contributed by atoms with van der Waals surface area (Å²) >= 11 is 0. The van der Waals surface area contributed by atoms with Crippen LogP contribution in [0, 0.1) is 0 Å². The summed E-state index contributed by atoms with van der Waals surface area (Å²) in [6, 6.07) is 0.233. The van der Waals surface area contributed by atoms with Crippen LogP contribution in [-0.2, 0) is 10.0 Å². The van der Waals surface area contributed by atoms with Crippen molar-refractivity contribution in [2.75, 3.05) is 19.3 Å². The normalized spacial score (nSPS) is 19.4. The fraction of sp³-hybridized carbons (Fsp3) is 1.00. The zero-order valence-electron chi connectivity index (χ0n) is 8.78. The number of hydrogen-bond donors (Lipinski definition) is 1. The van der Waals surface area contributed by atoms with Crippen LogP contribution in [0.15, 0.2) is 0 Å². The van der Waals surface area contributed by atoms with Crippen LogP contribution in [0.4, 0.5) is 0 Å². The Labute approximate surface area is 86.5 Å². The molecule has 0 atom stereocenters. The van der Waals surface area contributed by atoms with E-state index in [0.29, 0.717) is 13.1 Å². The summed E-state index contributed by atoms with van der Waals surface area (Å²) in [6.07, 6.45) is 6.37. The number of nitrogens with zero attached hydrogens (tertiary/aromatic N) is 1. The summed E-state index contributed by atoms with van der Waals surface area (Å²) in [7, 11) is -3.04. The highest BCUT2D eigenvalue weighted by molar-refractivity contribution is 7.88. The quantitative estimate of drug-likeness (QED) is 0.735. The molecule has 0 bridgehead atoms. The largest absolute Gasteiger partial charge is 0.330 e. The number of rotatable bonds is 5. The summed E-state index contributed by atoms with van der Waals surface area (Å²) in [5.74, 6) is 0. The molecule has 0 aromatic rings. The van der Waals surface area contributed by atoms with Crippen LogP contribution in [0.2, 0.25) is 0 Å². The molecule has 0 aliphatic heterocycles. The molecule has 2 N–H and O–H groups in total. The molecule has 0 radical (unpaired) electrons. The van der Waals surface area contributed by atoms with Gasteiger partial charge in [-0.3, -0.25) is 0 Å². The van der Waals surface area contributed by atoms with Crippen molar-refractivity contribution >= 4 is 10.0 Å². The molecule has 1 aliphatic carbocycles. The summed E-state index contributed by atoms with van der Waals surface area (Å²) in [6.45, 7) is 1.14. The maximum absolute atomic E-state index is 11.5. The van der Waals surface area contributed by atoms with E-state index in [1.165, 1.54) is 6.26 Å². The van der Waals surface area contributed by atoms with E-state index in [4.69, 9.17) is 5.73 Å². The molecule has 14 heavy (non-hydrogen) atoms. The summed E-state index contributed by atoms with van der Waals surface area (Å²) in [4.78, 5) is 0. The van der Waals surface area contributed by atoms with Crippen LogP contribution in [0.5, 0.6) is 0 Å². The van der Waals surface area contributed by atoms with Crippen molar-refractivity contribution in [3.05, 3.63) is 0 Å². The zero-order valence-corrected chi connectivity index (χ0v) is 9.59. The van der Waals surface area contributed by atoms with Gasteiger partial charge in [-0.25, -0.2) is 8.42 Å². The Hall–Kier alpha value is -0.130. The lowest BCUT2D eigenvalue weighted by Crippen LogP contribution is -2.39. The molecule has 0 spiro atoms. The molecule has 0 amide bonds. The van der Waals surface area contributed by atoms with E-state index < -0.39 is 10.0 Å². The van der Waals surface area contributed by atoms with E-state index in [-0.39, 0.29) is 6.04 Å². The zero-order chi connectivity index (χ0) is 10.6. The lowest BCUT2D eigenvalue weighted by molar-refractivity contribution is 0.322. The molecular weight excluding hydrogens is 200 g/mol. The smallest absolute Gasteiger partial charge is 0.211 e. The van der Waals surface area contributed by atoms with Gasteiger partial charge in [0.1, 0.15) is 0 Å². The van der Waals surface area contributed by atoms with Gasteiger partial charge in [-0.05, 0) is 25.8 Å². The highest BCUT2D eigenvalue weighted by Gasteiger charge is 2.28. The van der Waals surface area contributed by atoms with E-state index in [1.54, 1.807) is 4.31 Å². The van der Waals surface area contributed by atoms with Gasteiger partial charge in [-0.15, -0.1) is 0 Å². The highest BCUT2D eigenvalue weighted by atomic mass is 32.2. The predicted octanol–water partition coefficient (Wildman–Crippen LogP) is 0.539. The van der Waals surface area contributed by atoms with E-state index in [0.717, 1.165) is 32.1 Å². The van der Waals surface area contributed by atoms with Gasteiger partial charge in [-0.1, -0.05) is 12.8 Å². The van der Waals surface area contributed by atoms with E-state index >= 15 is 0 Å². The summed E-state index contributed by atoms with van der Waals surface area (Å²) in [5, 5.41) is 0. The first-order valence-electron chi connectivity index (χ1n) is 5.22. The number of sulfonamides is 1. The molecule has 84 valence electrons. The molecule has 0 aromatic carbocycles. The fourth-order valence-corrected chi connectivity index (χ4v) is 3.27. The molecule has 1 fully saturated rings. The molecule has 0 unspecified atom stereocenters. The molecule has 0 aromatic heterocycles. The Bertz CT molecular complexity index is 258. The average molecular weight is 220 g/mol. The highest BCUT2D eigenvalue weighted by Crippen LogP contribution is 2.25. The van der Waals surface area contributed by atoms with Gasteiger partial charge in [0.05, 0.1) is 6.26 Å². The summed E-state index contributed by atoms with van der Waals surface area (Å²) < 4.78 is 24.7. The molecule has 1 rings (SSSR count). The third-order valence-electron chi connectivity index (χ3n) is 2.74. The van der Waals surface area contributed by atoms with E-state index in [1.807, 2.05) is 0 Å². The fourth-order valence-electron chi connectivity index (χ4n) is 2.06. The van der Waals surface area contributed by atoms with Gasteiger partial charge in [0.25, 0.3) is 0 Å². The first-order valence-corrected chi connectivity index (χ1v) is 7.07. The number of nitrogens with two attached hydrogens (primary N) is 1. The van der Waals surface area contributed by atoms with Gasteiger partial charge in [0.15, 0.2) is 0 Å². The van der Waals surface area contributed by atoms with Crippen LogP contribution < -0.4 is 5.73 Å². The molecule has 0 heterocycles. The maximum atomic E-state index is 11.5. The van der Waals surface area contributed by atoms with Gasteiger partial charge in [0.2, 0.25) is 10.0 Å². The Balaban J connectivity index is 2.61. The van der Waals surface area contributed by atoms with Crippen LogP contribution >= 0.6 is 0 Å². The molecule has 1 saturated carbocycles. The van der Waals surface area contributed by atoms with Crippen LogP contribution in [0.3, 0.4) is 0 Å². The van der Waals surface area contributed by atoms with Gasteiger partial charge in [0, 0.05) is 12.6 Å². The summed E-state index contributed by atoms with van der Waals surface area (Å²) in [5.41, 5.74) is 5.40. The van der Waals surface area contributed by atoms with Crippen LogP contribution in [0.1, 0.15) is 32.1 Å². The van der Waals surface area contributed by atoms with Crippen molar-refractivity contribution in [3.63, 3.8) is 0 Å². The third kappa shape index (κ3) is 3.22. The minimum Gasteiger partial charge on any atom is -0.330 e. The van der Waals surface area contributed by atoms with E-state index in [2.05, 4.69) is 0 Å². The third-order valence-corrected chi connectivity index (χ3v) is 4.07. The van der Waals surface area contributed by atoms with Gasteiger partial charge < -0.3 is 5.73 Å².